The van der Waals surface area contributed by atoms with Gasteiger partial charge in [0.25, 0.3) is 0 Å². The molecule has 1 aromatic rings. The van der Waals surface area contributed by atoms with Gasteiger partial charge in [-0.25, -0.2) is 32.9 Å². The van der Waals surface area contributed by atoms with Gasteiger partial charge < -0.3 is 14.8 Å². The first-order valence-corrected chi connectivity index (χ1v) is 11.3. The van der Waals surface area contributed by atoms with E-state index in [9.17, 15) is 19.2 Å². The highest BCUT2D eigenvalue weighted by Gasteiger charge is 2.38. The number of carbonyl (C=O) groups excluding carboxylic acids is 1. The van der Waals surface area contributed by atoms with E-state index in [2.05, 4.69) is 12.2 Å². The third kappa shape index (κ3) is 6.57. The fourth-order valence-corrected chi connectivity index (χ4v) is 3.20. The fourth-order valence-electron chi connectivity index (χ4n) is 3.20. The van der Waals surface area contributed by atoms with E-state index in [0.717, 1.165) is 20.1 Å². The molecule has 0 aliphatic carbocycles. The van der Waals surface area contributed by atoms with Crippen molar-refractivity contribution in [3.63, 3.8) is 0 Å². The quantitative estimate of drug-likeness (QED) is 0.674. The van der Waals surface area contributed by atoms with Crippen molar-refractivity contribution in [2.45, 2.75) is 92.9 Å². The minimum Gasteiger partial charge on any atom is -0.449 e. The Morgan fingerprint density at radius 3 is 1.47 bits per heavy atom. The largest absolute Gasteiger partial charge is 0.449 e. The highest BCUT2D eigenvalue weighted by atomic mass is 16.6. The number of hydrogen-bond acceptors (Lipinski definition) is 6. The number of alkyl carbamates (subject to hydrolysis) is 1. The van der Waals surface area contributed by atoms with Gasteiger partial charge in [0, 0.05) is 24.2 Å². The van der Waals surface area contributed by atoms with Crippen molar-refractivity contribution >= 4 is 6.09 Å². The highest BCUT2D eigenvalue weighted by molar-refractivity contribution is 5.67. The van der Waals surface area contributed by atoms with Gasteiger partial charge in [0.1, 0.15) is 6.61 Å². The van der Waals surface area contributed by atoms with Crippen LogP contribution in [0.3, 0.4) is 0 Å². The van der Waals surface area contributed by atoms with Crippen molar-refractivity contribution in [1.82, 2.24) is 19.0 Å². The first-order chi connectivity index (χ1) is 14.8. The summed E-state index contributed by atoms with van der Waals surface area (Å²) >= 11 is 0. The van der Waals surface area contributed by atoms with Crippen LogP contribution in [-0.2, 0) is 9.47 Å². The molecule has 1 saturated heterocycles. The van der Waals surface area contributed by atoms with Crippen molar-refractivity contribution in [2.24, 2.45) is 5.41 Å². The van der Waals surface area contributed by atoms with Crippen LogP contribution in [0.15, 0.2) is 14.4 Å². The van der Waals surface area contributed by atoms with Crippen molar-refractivity contribution in [1.29, 1.82) is 0 Å². The van der Waals surface area contributed by atoms with Gasteiger partial charge in [-0.1, -0.05) is 6.92 Å². The Bertz CT molecular complexity index is 814. The maximum absolute atomic E-state index is 12.2. The van der Waals surface area contributed by atoms with E-state index >= 15 is 0 Å². The summed E-state index contributed by atoms with van der Waals surface area (Å²) in [5.74, 6) is 0. The summed E-state index contributed by atoms with van der Waals surface area (Å²) in [5.41, 5.74) is -1.53. The predicted octanol–water partition coefficient (Wildman–Crippen LogP) is 2.46. The second-order valence-corrected chi connectivity index (χ2v) is 9.46. The van der Waals surface area contributed by atoms with Crippen LogP contribution in [0.4, 0.5) is 4.79 Å². The molecule has 1 amide bonds. The maximum atomic E-state index is 12.2. The highest BCUT2D eigenvalue weighted by Crippen LogP contribution is 2.31. The van der Waals surface area contributed by atoms with Crippen LogP contribution in [0.5, 0.6) is 0 Å². The second-order valence-electron chi connectivity index (χ2n) is 9.46. The van der Waals surface area contributed by atoms with Gasteiger partial charge in [-0.2, -0.15) is 0 Å². The zero-order chi connectivity index (χ0) is 24.8. The van der Waals surface area contributed by atoms with Crippen LogP contribution in [-0.4, -0.2) is 45.7 Å². The summed E-state index contributed by atoms with van der Waals surface area (Å²) in [4.78, 5) is 47.7. The van der Waals surface area contributed by atoms with Crippen molar-refractivity contribution in [2.75, 3.05) is 19.8 Å². The number of rotatable bonds is 7. The molecule has 0 radical (unpaired) electrons. The molecule has 0 bridgehead atoms. The first-order valence-electron chi connectivity index (χ1n) is 11.3. The zero-order valence-electron chi connectivity index (χ0n) is 20.9. The van der Waals surface area contributed by atoms with Crippen molar-refractivity contribution < 1.29 is 14.3 Å². The lowest BCUT2D eigenvalue weighted by molar-refractivity contribution is -0.138. The van der Waals surface area contributed by atoms with Crippen LogP contribution in [0.1, 0.15) is 86.9 Å². The average Bonchev–Trinajstić information content (AvgIpc) is 2.59. The number of aromatic nitrogens is 3. The molecule has 2 rings (SSSR count). The molecule has 10 heteroatoms. The molecule has 1 aliphatic rings. The SMILES string of the molecule is CC(C)n1c(=O)n(C(C)C)c(=O)n(C(C)C)c1=O.CCC1(COC(=O)NC(C)C)COC1. The molecule has 2 heterocycles. The number of carbonyl (C=O) groups is 1. The molecule has 1 aromatic heterocycles. The molecule has 184 valence electrons. The number of ether oxygens (including phenoxy) is 2. The molecule has 1 aliphatic heterocycles. The molecule has 0 saturated carbocycles. The van der Waals surface area contributed by atoms with Crippen molar-refractivity contribution in [3.8, 4) is 0 Å². The molecule has 10 nitrogen and oxygen atoms in total. The number of hydrogen-bond donors (Lipinski definition) is 1. The second kappa shape index (κ2) is 11.5. The Morgan fingerprint density at radius 1 is 0.875 bits per heavy atom. The van der Waals surface area contributed by atoms with Crippen LogP contribution < -0.4 is 22.4 Å². The molecule has 0 spiro atoms. The van der Waals surface area contributed by atoms with Crippen LogP contribution in [0.25, 0.3) is 0 Å². The normalized spacial score (nSPS) is 14.9. The number of nitrogens with one attached hydrogen (secondary N) is 1. The standard InChI is InChI=1S/C12H21N3O3.C10H19NO3/c1-7(2)13-10(16)14(8(3)4)12(18)15(9(5)6)11(13)17;1-4-10(5-13-6-10)7-14-9(12)11-8(2)3/h7-9H,1-6H3;8H,4-7H2,1-3H3,(H,11,12). The molecule has 0 unspecified atom stereocenters. The molecule has 32 heavy (non-hydrogen) atoms. The average molecular weight is 457 g/mol. The van der Waals surface area contributed by atoms with E-state index in [4.69, 9.17) is 9.47 Å². The lowest BCUT2D eigenvalue weighted by atomic mass is 9.84. The summed E-state index contributed by atoms with van der Waals surface area (Å²) in [6.45, 7) is 18.3. The Morgan fingerprint density at radius 2 is 1.25 bits per heavy atom. The molecule has 0 aromatic carbocycles. The molecule has 1 fully saturated rings. The lowest BCUT2D eigenvalue weighted by Gasteiger charge is -2.39. The predicted molar refractivity (Wildman–Crippen MR) is 124 cm³/mol. The summed E-state index contributed by atoms with van der Waals surface area (Å²) in [6, 6.07) is -0.709. The minimum absolute atomic E-state index is 0.0777. The van der Waals surface area contributed by atoms with Crippen molar-refractivity contribution in [3.05, 3.63) is 31.5 Å². The van der Waals surface area contributed by atoms with Gasteiger partial charge in [0.2, 0.25) is 0 Å². The van der Waals surface area contributed by atoms with Gasteiger partial charge in [0.05, 0.1) is 18.6 Å². The van der Waals surface area contributed by atoms with E-state index < -0.39 is 17.1 Å². The summed E-state index contributed by atoms with van der Waals surface area (Å²) < 4.78 is 13.6. The number of nitrogens with zero attached hydrogens (tertiary/aromatic N) is 3. The van der Waals surface area contributed by atoms with Gasteiger partial charge in [-0.3, -0.25) is 0 Å². The third-order valence-corrected chi connectivity index (χ3v) is 5.27. The Labute approximate surface area is 189 Å². The Balaban J connectivity index is 0.000000330. The van der Waals surface area contributed by atoms with Gasteiger partial charge in [-0.15, -0.1) is 0 Å². The summed E-state index contributed by atoms with van der Waals surface area (Å²) in [5, 5.41) is 2.69. The molecular weight excluding hydrogens is 416 g/mol. The van der Waals surface area contributed by atoms with Gasteiger partial charge in [-0.05, 0) is 61.8 Å². The number of amides is 1. The van der Waals surface area contributed by atoms with Crippen LogP contribution >= 0.6 is 0 Å². The lowest BCUT2D eigenvalue weighted by Crippen LogP contribution is -2.55. The smallest absolute Gasteiger partial charge is 0.407 e. The van der Waals surface area contributed by atoms with E-state index in [1.807, 2.05) is 13.8 Å². The van der Waals surface area contributed by atoms with E-state index in [-0.39, 0.29) is 35.7 Å². The van der Waals surface area contributed by atoms with E-state index in [1.165, 1.54) is 0 Å². The zero-order valence-corrected chi connectivity index (χ0v) is 20.9. The monoisotopic (exact) mass is 456 g/mol. The van der Waals surface area contributed by atoms with Gasteiger partial charge >= 0.3 is 23.2 Å². The summed E-state index contributed by atoms with van der Waals surface area (Å²) in [7, 11) is 0. The first kappa shape index (κ1) is 27.7. The van der Waals surface area contributed by atoms with Crippen LogP contribution in [0.2, 0.25) is 0 Å². The Hall–Kier alpha value is -2.36. The minimum atomic E-state index is -0.535. The maximum Gasteiger partial charge on any atom is 0.407 e. The third-order valence-electron chi connectivity index (χ3n) is 5.27. The molecule has 1 N–H and O–H groups in total. The summed E-state index contributed by atoms with van der Waals surface area (Å²) in [6.07, 6.45) is 0.654. The molecular formula is C22H40N4O6. The van der Waals surface area contributed by atoms with E-state index in [1.54, 1.807) is 41.5 Å². The van der Waals surface area contributed by atoms with Gasteiger partial charge in [0.15, 0.2) is 0 Å². The Kier molecular flexibility index (Phi) is 9.94. The topological polar surface area (TPSA) is 114 Å². The van der Waals surface area contributed by atoms with E-state index in [0.29, 0.717) is 19.8 Å². The molecule has 0 atom stereocenters. The van der Waals surface area contributed by atoms with Crippen LogP contribution in [0, 0.1) is 5.41 Å². The fraction of sp³-hybridized carbons (Fsp3) is 0.818.